The lowest BCUT2D eigenvalue weighted by Gasteiger charge is -2.34. The number of piperidine rings is 1. The van der Waals surface area contributed by atoms with Crippen molar-refractivity contribution in [1.82, 2.24) is 20.1 Å². The molecule has 0 aliphatic carbocycles. The highest BCUT2D eigenvalue weighted by Crippen LogP contribution is 2.29. The van der Waals surface area contributed by atoms with Crippen molar-refractivity contribution in [3.05, 3.63) is 95.4 Å². The summed E-state index contributed by atoms with van der Waals surface area (Å²) in [6.45, 7) is 5.65. The second kappa shape index (κ2) is 13.3. The molecule has 2 heterocycles. The van der Waals surface area contributed by atoms with Crippen molar-refractivity contribution in [2.75, 3.05) is 32.5 Å². The molecular weight excluding hydrogens is 545 g/mol. The first-order valence-corrected chi connectivity index (χ1v) is 14.8. The van der Waals surface area contributed by atoms with Crippen LogP contribution in [0.1, 0.15) is 42.4 Å². The zero-order valence-electron chi connectivity index (χ0n) is 25.2. The number of nitrogens with one attached hydrogen (secondary N) is 3. The van der Waals surface area contributed by atoms with Gasteiger partial charge in [-0.2, -0.15) is 0 Å². The normalized spacial score (nSPS) is 15.3. The molecule has 1 saturated heterocycles. The molecule has 8 nitrogen and oxygen atoms in total. The number of aromatic nitrogens is 1. The summed E-state index contributed by atoms with van der Waals surface area (Å²) in [5.41, 5.74) is 4.70. The molecule has 4 aromatic rings. The third kappa shape index (κ3) is 7.35. The van der Waals surface area contributed by atoms with Crippen LogP contribution in [0.4, 0.5) is 14.9 Å². The molecule has 2 atom stereocenters. The molecule has 0 spiro atoms. The Bertz CT molecular complexity index is 1560. The van der Waals surface area contributed by atoms with Gasteiger partial charge in [-0.05, 0) is 74.1 Å². The molecule has 1 fully saturated rings. The van der Waals surface area contributed by atoms with Crippen LogP contribution < -0.4 is 15.4 Å². The molecule has 226 valence electrons. The molecule has 3 N–H and O–H groups in total. The van der Waals surface area contributed by atoms with Gasteiger partial charge in [-0.1, -0.05) is 37.3 Å². The first-order chi connectivity index (χ1) is 20.7. The molecule has 43 heavy (non-hydrogen) atoms. The van der Waals surface area contributed by atoms with Crippen LogP contribution in [0.15, 0.2) is 72.9 Å². The van der Waals surface area contributed by atoms with Crippen LogP contribution in [0.5, 0.6) is 5.75 Å². The Hall–Kier alpha value is -4.37. The summed E-state index contributed by atoms with van der Waals surface area (Å²) in [6, 6.07) is 18.9. The number of hydrogen-bond donors (Lipinski definition) is 3. The number of H-pyrrole nitrogens is 1. The summed E-state index contributed by atoms with van der Waals surface area (Å²) in [6.07, 6.45) is 3.12. The molecule has 9 heteroatoms. The van der Waals surface area contributed by atoms with E-state index in [0.29, 0.717) is 31.7 Å². The Kier molecular flexibility index (Phi) is 9.31. The van der Waals surface area contributed by atoms with Gasteiger partial charge in [-0.15, -0.1) is 0 Å². The smallest absolute Gasteiger partial charge is 0.318 e. The minimum atomic E-state index is -0.822. The van der Waals surface area contributed by atoms with Gasteiger partial charge in [0.25, 0.3) is 0 Å². The lowest BCUT2D eigenvalue weighted by molar-refractivity contribution is -0.118. The number of amides is 3. The lowest BCUT2D eigenvalue weighted by Crippen LogP contribution is -2.53. The lowest BCUT2D eigenvalue weighted by atomic mass is 9.92. The van der Waals surface area contributed by atoms with Crippen molar-refractivity contribution in [3.8, 4) is 5.75 Å². The van der Waals surface area contributed by atoms with E-state index in [-0.39, 0.29) is 29.8 Å². The third-order valence-electron chi connectivity index (χ3n) is 8.08. The minimum Gasteiger partial charge on any atom is -0.490 e. The quantitative estimate of drug-likeness (QED) is 0.223. The highest BCUT2D eigenvalue weighted by Gasteiger charge is 2.33. The molecule has 0 saturated carbocycles. The molecule has 3 amide bonds. The number of aryl methyl sites for hydroxylation is 1. The van der Waals surface area contributed by atoms with E-state index < -0.39 is 6.04 Å². The van der Waals surface area contributed by atoms with E-state index >= 15 is 0 Å². The fourth-order valence-corrected chi connectivity index (χ4v) is 5.65. The van der Waals surface area contributed by atoms with Crippen LogP contribution in [-0.2, 0) is 11.3 Å². The average molecular weight is 586 g/mol. The number of carbonyl (C=O) groups excluding carboxylic acids is 2. The summed E-state index contributed by atoms with van der Waals surface area (Å²) in [4.78, 5) is 34.6. The fraction of sp³-hybridized carbons (Fsp3) is 0.353. The number of ether oxygens (including phenoxy) is 1. The molecule has 0 radical (unpaired) electrons. The van der Waals surface area contributed by atoms with Gasteiger partial charge in [-0.3, -0.25) is 4.79 Å². The molecular formula is C34H40FN5O3. The van der Waals surface area contributed by atoms with E-state index in [1.165, 1.54) is 12.1 Å². The summed E-state index contributed by atoms with van der Waals surface area (Å²) in [7, 11) is 4.01. The minimum absolute atomic E-state index is 0.0730. The fourth-order valence-electron chi connectivity index (χ4n) is 5.65. The number of carbonyl (C=O) groups is 2. The predicted molar refractivity (Wildman–Crippen MR) is 168 cm³/mol. The van der Waals surface area contributed by atoms with Crippen molar-refractivity contribution in [2.24, 2.45) is 0 Å². The van der Waals surface area contributed by atoms with Crippen LogP contribution in [-0.4, -0.2) is 66.1 Å². The molecule has 1 aliphatic heterocycles. The molecule has 1 aromatic heterocycles. The Morgan fingerprint density at radius 2 is 1.79 bits per heavy atom. The second-order valence-corrected chi connectivity index (χ2v) is 11.6. The topological polar surface area (TPSA) is 89.7 Å². The van der Waals surface area contributed by atoms with Gasteiger partial charge >= 0.3 is 6.03 Å². The summed E-state index contributed by atoms with van der Waals surface area (Å²) in [5, 5.41) is 7.20. The van der Waals surface area contributed by atoms with Crippen LogP contribution in [0, 0.1) is 12.7 Å². The van der Waals surface area contributed by atoms with Gasteiger partial charge in [0.15, 0.2) is 0 Å². The maximum Gasteiger partial charge on any atom is 0.318 e. The highest BCUT2D eigenvalue weighted by atomic mass is 19.1. The number of aromatic amines is 1. The molecule has 5 rings (SSSR count). The standard InChI is InChI=1S/C34H40FN5O3/c1-22-9-10-24(21-39(3)4)19-31(22)37-33(41)32(23(2)29-20-36-30-8-6-5-7-28(29)30)38-34(42)40-17-15-27(16-18-40)43-26-13-11-25(35)12-14-26/h5-14,19-20,23,27,32,36H,15-18,21H2,1-4H3,(H,37,41)(H,38,42)/t23-,32+/m0/s1. The largest absolute Gasteiger partial charge is 0.490 e. The average Bonchev–Trinajstić information content (AvgIpc) is 3.43. The number of rotatable bonds is 9. The number of para-hydroxylation sites is 1. The van der Waals surface area contributed by atoms with Crippen molar-refractivity contribution in [1.29, 1.82) is 0 Å². The predicted octanol–water partition coefficient (Wildman–Crippen LogP) is 6.04. The Labute approximate surface area is 252 Å². The number of likely N-dealkylation sites (tertiary alicyclic amines) is 1. The number of hydrogen-bond acceptors (Lipinski definition) is 4. The van der Waals surface area contributed by atoms with E-state index in [0.717, 1.165) is 39.8 Å². The van der Waals surface area contributed by atoms with Crippen molar-refractivity contribution < 1.29 is 18.7 Å². The van der Waals surface area contributed by atoms with E-state index in [2.05, 4.69) is 26.6 Å². The Morgan fingerprint density at radius 3 is 2.51 bits per heavy atom. The summed E-state index contributed by atoms with van der Waals surface area (Å²) < 4.78 is 19.3. The van der Waals surface area contributed by atoms with E-state index in [4.69, 9.17) is 4.74 Å². The van der Waals surface area contributed by atoms with Gasteiger partial charge in [0, 0.05) is 61.2 Å². The highest BCUT2D eigenvalue weighted by molar-refractivity contribution is 5.99. The molecule has 0 unspecified atom stereocenters. The van der Waals surface area contributed by atoms with Crippen LogP contribution in [0.2, 0.25) is 0 Å². The molecule has 1 aliphatic rings. The number of anilines is 1. The SMILES string of the molecule is Cc1ccc(CN(C)C)cc1NC(=O)[C@H](NC(=O)N1CCC(Oc2ccc(F)cc2)CC1)[C@@H](C)c1c[nH]c2ccccc12. The zero-order chi connectivity index (χ0) is 30.5. The number of halogens is 1. The van der Waals surface area contributed by atoms with Gasteiger partial charge in [0.05, 0.1) is 0 Å². The Balaban J connectivity index is 1.32. The maximum absolute atomic E-state index is 14.0. The van der Waals surface area contributed by atoms with Crippen LogP contribution in [0.25, 0.3) is 10.9 Å². The van der Waals surface area contributed by atoms with E-state index in [1.54, 1.807) is 17.0 Å². The second-order valence-electron chi connectivity index (χ2n) is 11.6. The number of urea groups is 1. The Morgan fingerprint density at radius 1 is 1.07 bits per heavy atom. The van der Waals surface area contributed by atoms with Crippen LogP contribution >= 0.6 is 0 Å². The number of fused-ring (bicyclic) bond motifs is 1. The third-order valence-corrected chi connectivity index (χ3v) is 8.08. The van der Waals surface area contributed by atoms with Gasteiger partial charge in [0.2, 0.25) is 5.91 Å². The summed E-state index contributed by atoms with van der Waals surface area (Å²) in [5.74, 6) is -0.287. The van der Waals surface area contributed by atoms with Crippen LogP contribution in [0.3, 0.4) is 0 Å². The monoisotopic (exact) mass is 585 g/mol. The molecule has 0 bridgehead atoms. The van der Waals surface area contributed by atoms with Crippen molar-refractivity contribution in [3.63, 3.8) is 0 Å². The number of benzene rings is 3. The van der Waals surface area contributed by atoms with Gasteiger partial charge in [0.1, 0.15) is 23.7 Å². The summed E-state index contributed by atoms with van der Waals surface area (Å²) >= 11 is 0. The molecule has 3 aromatic carbocycles. The van der Waals surface area contributed by atoms with Gasteiger partial charge in [-0.25, -0.2) is 9.18 Å². The number of nitrogens with zero attached hydrogens (tertiary/aromatic N) is 2. The first-order valence-electron chi connectivity index (χ1n) is 14.8. The van der Waals surface area contributed by atoms with E-state index in [9.17, 15) is 14.0 Å². The van der Waals surface area contributed by atoms with Gasteiger partial charge < -0.3 is 30.2 Å². The van der Waals surface area contributed by atoms with Crippen molar-refractivity contribution in [2.45, 2.75) is 51.3 Å². The first kappa shape index (κ1) is 30.1. The van der Waals surface area contributed by atoms with E-state index in [1.807, 2.05) is 70.5 Å². The maximum atomic E-state index is 14.0. The van der Waals surface area contributed by atoms with Crippen molar-refractivity contribution >= 4 is 28.5 Å². The zero-order valence-corrected chi connectivity index (χ0v) is 25.2.